The number of anilines is 1. The van der Waals surface area contributed by atoms with Crippen LogP contribution in [0.15, 0.2) is 35.5 Å². The van der Waals surface area contributed by atoms with E-state index in [1.165, 1.54) is 12.1 Å². The smallest absolute Gasteiger partial charge is 0.353 e. The van der Waals surface area contributed by atoms with E-state index in [0.717, 1.165) is 23.9 Å². The van der Waals surface area contributed by atoms with Crippen molar-refractivity contribution in [2.75, 3.05) is 30.3 Å². The van der Waals surface area contributed by atoms with E-state index in [-0.39, 0.29) is 40.7 Å². The molecule has 0 bridgehead atoms. The van der Waals surface area contributed by atoms with Crippen LogP contribution >= 0.6 is 23.4 Å². The highest BCUT2D eigenvalue weighted by atomic mass is 35.5. The molecule has 0 aliphatic carbocycles. The molecule has 1 aromatic heterocycles. The van der Waals surface area contributed by atoms with E-state index in [1.54, 1.807) is 6.07 Å². The third-order valence-electron chi connectivity index (χ3n) is 5.69. The fourth-order valence-electron chi connectivity index (χ4n) is 3.94. The summed E-state index contributed by atoms with van der Waals surface area (Å²) in [5.74, 6) is 0.353. The zero-order chi connectivity index (χ0) is 27.4. The van der Waals surface area contributed by atoms with E-state index < -0.39 is 11.7 Å². The topological polar surface area (TPSA) is 78.4 Å². The lowest BCUT2D eigenvalue weighted by Crippen LogP contribution is -2.54. The number of benzene rings is 1. The largest absolute Gasteiger partial charge is 0.416 e. The van der Waals surface area contributed by atoms with Crippen molar-refractivity contribution in [2.45, 2.75) is 58.0 Å². The maximum Gasteiger partial charge on any atom is 0.416 e. The van der Waals surface area contributed by atoms with E-state index in [0.29, 0.717) is 42.6 Å². The molecule has 0 radical (unpaired) electrons. The molecule has 1 fully saturated rings. The first-order valence-electron chi connectivity index (χ1n) is 11.9. The van der Waals surface area contributed by atoms with Crippen molar-refractivity contribution in [3.63, 3.8) is 0 Å². The van der Waals surface area contributed by atoms with Crippen molar-refractivity contribution < 1.29 is 22.8 Å². The molecule has 37 heavy (non-hydrogen) atoms. The Hall–Kier alpha value is -2.53. The Morgan fingerprint density at radius 1 is 1.16 bits per heavy atom. The van der Waals surface area contributed by atoms with Gasteiger partial charge in [-0.1, -0.05) is 56.3 Å². The SMILES string of the molecule is CC1CN(c2cc(Cl)nc(SCC(=O)NCc3cccc(C(F)(F)F)c3)n2)CCN1C(=O)CC(C)(C)C. The maximum absolute atomic E-state index is 12.9. The minimum atomic E-state index is -4.44. The number of hydrogen-bond donors (Lipinski definition) is 1. The number of hydrogen-bond acceptors (Lipinski definition) is 6. The standard InChI is InChI=1S/C25H31ClF3N5O2S/c1-16-14-33(8-9-34(16)22(36)12-24(2,3)4)20-11-19(26)31-23(32-20)37-15-21(35)30-13-17-6-5-7-18(10-17)25(27,28)29/h5-7,10-11,16H,8-9,12-15H2,1-4H3,(H,30,35). The van der Waals surface area contributed by atoms with Crippen LogP contribution in [-0.4, -0.2) is 58.1 Å². The van der Waals surface area contributed by atoms with Crippen LogP contribution in [0.4, 0.5) is 19.0 Å². The van der Waals surface area contributed by atoms with Crippen LogP contribution < -0.4 is 10.2 Å². The highest BCUT2D eigenvalue weighted by Gasteiger charge is 2.31. The van der Waals surface area contributed by atoms with Crippen LogP contribution in [0, 0.1) is 5.41 Å². The first-order chi connectivity index (χ1) is 17.2. The molecule has 1 unspecified atom stereocenters. The Balaban J connectivity index is 1.55. The van der Waals surface area contributed by atoms with Gasteiger partial charge in [-0.2, -0.15) is 13.2 Å². The second kappa shape index (κ2) is 11.9. The molecule has 1 N–H and O–H groups in total. The van der Waals surface area contributed by atoms with Crippen molar-refractivity contribution in [3.05, 3.63) is 46.6 Å². The molecule has 1 atom stereocenters. The highest BCUT2D eigenvalue weighted by Crippen LogP contribution is 2.30. The minimum Gasteiger partial charge on any atom is -0.353 e. The molecule has 7 nitrogen and oxygen atoms in total. The number of alkyl halides is 3. The van der Waals surface area contributed by atoms with Gasteiger partial charge < -0.3 is 15.1 Å². The molecule has 1 saturated heterocycles. The molecule has 2 heterocycles. The lowest BCUT2D eigenvalue weighted by Gasteiger charge is -2.41. The second-order valence-electron chi connectivity index (χ2n) is 10.2. The average Bonchev–Trinajstić information content (AvgIpc) is 2.79. The lowest BCUT2D eigenvalue weighted by atomic mass is 9.91. The highest BCUT2D eigenvalue weighted by molar-refractivity contribution is 7.99. The Labute approximate surface area is 224 Å². The number of halogens is 4. The van der Waals surface area contributed by atoms with Crippen molar-refractivity contribution >= 4 is 41.0 Å². The first kappa shape index (κ1) is 29.0. The van der Waals surface area contributed by atoms with Crippen molar-refractivity contribution in [3.8, 4) is 0 Å². The number of piperazine rings is 1. The van der Waals surface area contributed by atoms with Gasteiger partial charge in [-0.05, 0) is 30.0 Å². The summed E-state index contributed by atoms with van der Waals surface area (Å²) in [4.78, 5) is 37.6. The molecule has 1 aliphatic rings. The monoisotopic (exact) mass is 557 g/mol. The molecular weight excluding hydrogens is 527 g/mol. The first-order valence-corrected chi connectivity index (χ1v) is 13.2. The summed E-state index contributed by atoms with van der Waals surface area (Å²) in [6.45, 7) is 9.84. The number of carbonyl (C=O) groups is 2. The number of thioether (sulfide) groups is 1. The van der Waals surface area contributed by atoms with Gasteiger partial charge in [0.1, 0.15) is 11.0 Å². The number of aromatic nitrogens is 2. The summed E-state index contributed by atoms with van der Waals surface area (Å²) in [5.41, 5.74) is -0.495. The van der Waals surface area contributed by atoms with Gasteiger partial charge in [-0.15, -0.1) is 0 Å². The van der Waals surface area contributed by atoms with Gasteiger partial charge in [0.25, 0.3) is 0 Å². The van der Waals surface area contributed by atoms with Gasteiger partial charge in [0.15, 0.2) is 5.16 Å². The predicted octanol–water partition coefficient (Wildman–Crippen LogP) is 5.03. The number of rotatable bonds is 7. The van der Waals surface area contributed by atoms with Crippen LogP contribution in [0.2, 0.25) is 5.15 Å². The summed E-state index contributed by atoms with van der Waals surface area (Å²) in [7, 11) is 0. The molecule has 3 rings (SSSR count). The fourth-order valence-corrected chi connectivity index (χ4v) is 4.85. The van der Waals surface area contributed by atoms with Crippen molar-refractivity contribution in [1.82, 2.24) is 20.2 Å². The molecule has 1 aliphatic heterocycles. The normalized spacial score (nSPS) is 16.6. The number of carbonyl (C=O) groups excluding carboxylic acids is 2. The molecule has 202 valence electrons. The minimum absolute atomic E-state index is 0.00456. The van der Waals surface area contributed by atoms with Gasteiger partial charge in [0, 0.05) is 44.7 Å². The third-order valence-corrected chi connectivity index (χ3v) is 6.73. The van der Waals surface area contributed by atoms with Crippen LogP contribution in [0.5, 0.6) is 0 Å². The molecule has 0 spiro atoms. The Morgan fingerprint density at radius 3 is 2.54 bits per heavy atom. The van der Waals surface area contributed by atoms with E-state index in [9.17, 15) is 22.8 Å². The molecule has 0 saturated carbocycles. The zero-order valence-corrected chi connectivity index (χ0v) is 22.8. The summed E-state index contributed by atoms with van der Waals surface area (Å²) >= 11 is 7.30. The van der Waals surface area contributed by atoms with E-state index >= 15 is 0 Å². The van der Waals surface area contributed by atoms with Gasteiger partial charge in [0.05, 0.1) is 11.3 Å². The molecule has 1 aromatic carbocycles. The Bertz CT molecular complexity index is 1130. The van der Waals surface area contributed by atoms with Crippen LogP contribution in [0.3, 0.4) is 0 Å². The average molecular weight is 558 g/mol. The van der Waals surface area contributed by atoms with Gasteiger partial charge in [-0.25, -0.2) is 9.97 Å². The van der Waals surface area contributed by atoms with E-state index in [4.69, 9.17) is 11.6 Å². The summed E-state index contributed by atoms with van der Waals surface area (Å²) in [5, 5.41) is 3.16. The van der Waals surface area contributed by atoms with Gasteiger partial charge in [-0.3, -0.25) is 9.59 Å². The zero-order valence-electron chi connectivity index (χ0n) is 21.2. The van der Waals surface area contributed by atoms with Crippen LogP contribution in [0.25, 0.3) is 0 Å². The lowest BCUT2D eigenvalue weighted by molar-refractivity contribution is -0.137. The van der Waals surface area contributed by atoms with E-state index in [1.807, 2.05) is 37.5 Å². The number of nitrogens with zero attached hydrogens (tertiary/aromatic N) is 4. The van der Waals surface area contributed by atoms with Crippen molar-refractivity contribution in [2.24, 2.45) is 5.41 Å². The summed E-state index contributed by atoms with van der Waals surface area (Å²) in [6, 6.07) is 6.47. The Kier molecular flexibility index (Phi) is 9.33. The predicted molar refractivity (Wildman–Crippen MR) is 139 cm³/mol. The summed E-state index contributed by atoms with van der Waals surface area (Å²) in [6.07, 6.45) is -3.96. The molecule has 2 aromatic rings. The van der Waals surface area contributed by atoms with Crippen molar-refractivity contribution in [1.29, 1.82) is 0 Å². The maximum atomic E-state index is 12.9. The molecule has 12 heteroatoms. The Morgan fingerprint density at radius 2 is 1.89 bits per heavy atom. The quantitative estimate of drug-likeness (QED) is 0.292. The van der Waals surface area contributed by atoms with Gasteiger partial charge in [0.2, 0.25) is 11.8 Å². The van der Waals surface area contributed by atoms with Crippen LogP contribution in [-0.2, 0) is 22.3 Å². The second-order valence-corrected chi connectivity index (χ2v) is 11.5. The number of amides is 2. The van der Waals surface area contributed by atoms with E-state index in [2.05, 4.69) is 15.3 Å². The third kappa shape index (κ3) is 8.77. The molecular formula is C25H31ClF3N5O2S. The van der Waals surface area contributed by atoms with Gasteiger partial charge >= 0.3 is 6.18 Å². The number of nitrogens with one attached hydrogen (secondary N) is 1. The summed E-state index contributed by atoms with van der Waals surface area (Å²) < 4.78 is 38.6. The molecule has 2 amide bonds. The fraction of sp³-hybridized carbons (Fsp3) is 0.520. The van der Waals surface area contributed by atoms with Crippen LogP contribution in [0.1, 0.15) is 45.2 Å².